The molecular formula is C22H29N5O2. The fourth-order valence-corrected chi connectivity index (χ4v) is 3.45. The van der Waals surface area contributed by atoms with E-state index < -0.39 is 0 Å². The van der Waals surface area contributed by atoms with Gasteiger partial charge in [0.2, 0.25) is 0 Å². The largest absolute Gasteiger partial charge is 0.352 e. The van der Waals surface area contributed by atoms with Crippen molar-refractivity contribution in [1.82, 2.24) is 19.3 Å². The lowest BCUT2D eigenvalue weighted by atomic mass is 10.1. The Kier molecular flexibility index (Phi) is 6.80. The first-order chi connectivity index (χ1) is 14.1. The van der Waals surface area contributed by atoms with E-state index in [2.05, 4.69) is 24.1 Å². The van der Waals surface area contributed by atoms with Crippen LogP contribution in [0.2, 0.25) is 0 Å². The second kappa shape index (κ2) is 9.49. The van der Waals surface area contributed by atoms with E-state index in [4.69, 9.17) is 5.41 Å². The van der Waals surface area contributed by atoms with Crippen molar-refractivity contribution < 1.29 is 4.79 Å². The van der Waals surface area contributed by atoms with E-state index in [-0.39, 0.29) is 22.5 Å². The summed E-state index contributed by atoms with van der Waals surface area (Å²) in [7, 11) is 0. The van der Waals surface area contributed by atoms with Crippen LogP contribution in [0.15, 0.2) is 35.3 Å². The van der Waals surface area contributed by atoms with Gasteiger partial charge in [0.05, 0.1) is 10.9 Å². The molecule has 154 valence electrons. The Morgan fingerprint density at radius 1 is 1.14 bits per heavy atom. The number of aryl methyl sites for hydroxylation is 1. The molecule has 2 N–H and O–H groups in total. The van der Waals surface area contributed by atoms with Gasteiger partial charge in [0.15, 0.2) is 0 Å². The predicted octanol–water partition coefficient (Wildman–Crippen LogP) is 3.24. The smallest absolute Gasteiger partial charge is 0.267 e. The van der Waals surface area contributed by atoms with Crippen LogP contribution >= 0.6 is 0 Å². The zero-order valence-corrected chi connectivity index (χ0v) is 17.2. The van der Waals surface area contributed by atoms with Crippen LogP contribution in [0.5, 0.6) is 0 Å². The van der Waals surface area contributed by atoms with Crippen molar-refractivity contribution in [3.05, 3.63) is 51.9 Å². The predicted molar refractivity (Wildman–Crippen MR) is 114 cm³/mol. The van der Waals surface area contributed by atoms with Crippen LogP contribution in [-0.2, 0) is 6.54 Å². The minimum atomic E-state index is -0.315. The molecule has 3 aromatic rings. The fraction of sp³-hybridized carbons (Fsp3) is 0.455. The number of carbonyl (C=O) groups is 1. The number of hydrogen-bond donors (Lipinski definition) is 2. The van der Waals surface area contributed by atoms with E-state index in [0.717, 1.165) is 38.5 Å². The number of rotatable bonds is 9. The normalized spacial score (nSPS) is 11.2. The monoisotopic (exact) mass is 395 g/mol. The summed E-state index contributed by atoms with van der Waals surface area (Å²) >= 11 is 0. The molecule has 7 heteroatoms. The third-order valence-corrected chi connectivity index (χ3v) is 5.11. The Morgan fingerprint density at radius 3 is 2.69 bits per heavy atom. The van der Waals surface area contributed by atoms with E-state index in [1.165, 1.54) is 10.5 Å². The van der Waals surface area contributed by atoms with Crippen molar-refractivity contribution in [2.24, 2.45) is 0 Å². The first kappa shape index (κ1) is 20.8. The van der Waals surface area contributed by atoms with Gasteiger partial charge in [-0.15, -0.1) is 0 Å². The lowest BCUT2D eigenvalue weighted by Gasteiger charge is -2.14. The minimum Gasteiger partial charge on any atom is -0.352 e. The minimum absolute atomic E-state index is 0.107. The lowest BCUT2D eigenvalue weighted by molar-refractivity contribution is 0.0950. The number of nitrogens with zero attached hydrogens (tertiary/aromatic N) is 3. The van der Waals surface area contributed by atoms with Crippen molar-refractivity contribution in [3.8, 4) is 0 Å². The number of aromatic nitrogens is 3. The Balaban J connectivity index is 2.16. The molecule has 0 aliphatic rings. The molecule has 0 aromatic carbocycles. The maximum absolute atomic E-state index is 13.1. The van der Waals surface area contributed by atoms with Crippen LogP contribution in [-0.4, -0.2) is 26.4 Å². The van der Waals surface area contributed by atoms with Gasteiger partial charge >= 0.3 is 0 Å². The molecule has 7 nitrogen and oxygen atoms in total. The number of amides is 1. The molecule has 29 heavy (non-hydrogen) atoms. The Morgan fingerprint density at radius 2 is 1.93 bits per heavy atom. The zero-order chi connectivity index (χ0) is 20.8. The van der Waals surface area contributed by atoms with Crippen LogP contribution in [0, 0.1) is 5.41 Å². The van der Waals surface area contributed by atoms with Gasteiger partial charge in [0, 0.05) is 19.3 Å². The number of carbonyl (C=O) groups excluding carboxylic acids is 1. The number of hydrogen-bond acceptors (Lipinski definition) is 4. The maximum atomic E-state index is 13.1. The average molecular weight is 396 g/mol. The number of fused-ring (bicyclic) bond motifs is 2. The molecule has 0 aliphatic carbocycles. The molecule has 0 unspecified atom stereocenters. The molecule has 0 radical (unpaired) electrons. The molecule has 0 atom stereocenters. The zero-order valence-electron chi connectivity index (χ0n) is 17.2. The quantitative estimate of drug-likeness (QED) is 0.430. The fourth-order valence-electron chi connectivity index (χ4n) is 3.45. The number of pyridine rings is 2. The highest BCUT2D eigenvalue weighted by molar-refractivity contribution is 5.96. The maximum Gasteiger partial charge on any atom is 0.267 e. The average Bonchev–Trinajstić information content (AvgIpc) is 2.72. The van der Waals surface area contributed by atoms with Gasteiger partial charge in [-0.2, -0.15) is 0 Å². The Labute approximate surface area is 169 Å². The van der Waals surface area contributed by atoms with E-state index in [1.54, 1.807) is 22.9 Å². The van der Waals surface area contributed by atoms with Gasteiger partial charge in [-0.05, 0) is 31.0 Å². The van der Waals surface area contributed by atoms with Crippen molar-refractivity contribution in [1.29, 1.82) is 5.41 Å². The van der Waals surface area contributed by atoms with Crippen LogP contribution in [0.25, 0.3) is 16.7 Å². The molecular weight excluding hydrogens is 366 g/mol. The van der Waals surface area contributed by atoms with Gasteiger partial charge < -0.3 is 9.88 Å². The van der Waals surface area contributed by atoms with E-state index in [0.29, 0.717) is 29.8 Å². The van der Waals surface area contributed by atoms with Crippen molar-refractivity contribution >= 4 is 22.6 Å². The van der Waals surface area contributed by atoms with Gasteiger partial charge in [-0.1, -0.05) is 45.6 Å². The molecule has 0 bridgehead atoms. The second-order valence-corrected chi connectivity index (χ2v) is 7.31. The summed E-state index contributed by atoms with van der Waals surface area (Å²) < 4.78 is 3.19. The van der Waals surface area contributed by atoms with E-state index in [1.807, 2.05) is 6.07 Å². The van der Waals surface area contributed by atoms with Gasteiger partial charge in [0.1, 0.15) is 16.8 Å². The second-order valence-electron chi connectivity index (χ2n) is 7.31. The van der Waals surface area contributed by atoms with Crippen LogP contribution in [0.1, 0.15) is 62.7 Å². The summed E-state index contributed by atoms with van der Waals surface area (Å²) in [5.41, 5.74) is 1.10. The molecule has 0 saturated carbocycles. The highest BCUT2D eigenvalue weighted by Gasteiger charge is 2.17. The summed E-state index contributed by atoms with van der Waals surface area (Å²) in [5.74, 6) is -0.315. The first-order valence-corrected chi connectivity index (χ1v) is 10.5. The highest BCUT2D eigenvalue weighted by atomic mass is 16.1. The Bertz CT molecular complexity index is 1130. The van der Waals surface area contributed by atoms with Crippen molar-refractivity contribution in [2.75, 3.05) is 6.54 Å². The molecule has 3 aromatic heterocycles. The molecule has 3 heterocycles. The summed E-state index contributed by atoms with van der Waals surface area (Å²) in [6.45, 7) is 5.31. The van der Waals surface area contributed by atoms with Gasteiger partial charge in [-0.25, -0.2) is 4.98 Å². The lowest BCUT2D eigenvalue weighted by Crippen LogP contribution is -2.35. The number of nitrogens with one attached hydrogen (secondary N) is 2. The summed E-state index contributed by atoms with van der Waals surface area (Å²) in [4.78, 5) is 30.4. The first-order valence-electron chi connectivity index (χ1n) is 10.5. The molecule has 3 rings (SSSR count). The van der Waals surface area contributed by atoms with E-state index >= 15 is 0 Å². The third-order valence-electron chi connectivity index (χ3n) is 5.11. The number of unbranched alkanes of at least 4 members (excludes halogenated alkanes) is 4. The highest BCUT2D eigenvalue weighted by Crippen LogP contribution is 2.12. The molecule has 1 amide bonds. The molecule has 0 spiro atoms. The SMILES string of the molecule is CCCCCCn1c(=N)c(C(=O)NCCCC)cc2c(=O)n3ccccc3nc21. The van der Waals surface area contributed by atoms with Crippen LogP contribution in [0.3, 0.4) is 0 Å². The third kappa shape index (κ3) is 4.39. The molecule has 0 aliphatic heterocycles. The van der Waals surface area contributed by atoms with Crippen LogP contribution < -0.4 is 16.4 Å². The topological polar surface area (TPSA) is 92.2 Å². The Hall–Kier alpha value is -2.96. The summed E-state index contributed by atoms with van der Waals surface area (Å²) in [6.07, 6.45) is 7.65. The van der Waals surface area contributed by atoms with Crippen molar-refractivity contribution in [2.45, 2.75) is 58.9 Å². The standard InChI is InChI=1S/C22H29N5O2/c1-3-5-7-9-14-27-19(23)16(21(28)24-12-6-4-2)15-17-20(27)25-18-11-8-10-13-26(18)22(17)29/h8,10-11,13,15,23H,3-7,9,12,14H2,1-2H3,(H,24,28). The summed E-state index contributed by atoms with van der Waals surface area (Å²) in [6, 6.07) is 6.90. The summed E-state index contributed by atoms with van der Waals surface area (Å²) in [5, 5.41) is 11.9. The molecule has 0 saturated heterocycles. The van der Waals surface area contributed by atoms with Gasteiger partial charge in [0.25, 0.3) is 11.5 Å². The van der Waals surface area contributed by atoms with Crippen LogP contribution in [0.4, 0.5) is 0 Å². The molecule has 0 fully saturated rings. The van der Waals surface area contributed by atoms with Crippen molar-refractivity contribution in [3.63, 3.8) is 0 Å². The van der Waals surface area contributed by atoms with E-state index in [9.17, 15) is 9.59 Å². The van der Waals surface area contributed by atoms with Gasteiger partial charge in [-0.3, -0.25) is 19.4 Å².